The first kappa shape index (κ1) is 22.3. The number of halogens is 4. The van der Waals surface area contributed by atoms with E-state index in [4.69, 9.17) is 11.6 Å². The van der Waals surface area contributed by atoms with Gasteiger partial charge in [0.05, 0.1) is 17.9 Å². The van der Waals surface area contributed by atoms with E-state index in [0.717, 1.165) is 18.4 Å². The summed E-state index contributed by atoms with van der Waals surface area (Å²) in [6, 6.07) is 5.99. The highest BCUT2D eigenvalue weighted by Crippen LogP contribution is 2.49. The van der Waals surface area contributed by atoms with Gasteiger partial charge in [0.25, 0.3) is 0 Å². The van der Waals surface area contributed by atoms with Crippen molar-refractivity contribution in [2.75, 3.05) is 5.75 Å². The summed E-state index contributed by atoms with van der Waals surface area (Å²) >= 11 is 5.86. The number of likely N-dealkylation sites (tertiary alicyclic amines) is 1. The van der Waals surface area contributed by atoms with E-state index in [1.807, 2.05) is 0 Å². The number of thioether (sulfide) groups is 1. The van der Waals surface area contributed by atoms with E-state index in [2.05, 4.69) is 0 Å². The molecule has 0 radical (unpaired) electrons. The first-order chi connectivity index (χ1) is 13.5. The van der Waals surface area contributed by atoms with E-state index >= 15 is 0 Å². The lowest BCUT2D eigenvalue weighted by Gasteiger charge is -2.48. The fraction of sp³-hybridized carbons (Fsp3) is 0.600. The molecule has 1 aliphatic carbocycles. The first-order valence-electron chi connectivity index (χ1n) is 9.51. The molecular formula is C20H23ClF3NO3S. The van der Waals surface area contributed by atoms with Crippen LogP contribution in [0.25, 0.3) is 0 Å². The minimum atomic E-state index is -4.38. The van der Waals surface area contributed by atoms with Crippen molar-refractivity contribution in [2.45, 2.75) is 56.6 Å². The highest BCUT2D eigenvalue weighted by molar-refractivity contribution is 8.00. The lowest BCUT2D eigenvalue weighted by molar-refractivity contribution is -0.159. The van der Waals surface area contributed by atoms with Gasteiger partial charge in [0, 0.05) is 16.8 Å². The summed E-state index contributed by atoms with van der Waals surface area (Å²) in [5.74, 6) is -1.69. The second-order valence-corrected chi connectivity index (χ2v) is 9.63. The molecule has 0 bridgehead atoms. The molecule has 1 aromatic carbocycles. The summed E-state index contributed by atoms with van der Waals surface area (Å²) in [5.41, 5.74) is -4.69. The quantitative estimate of drug-likeness (QED) is 0.595. The largest absolute Gasteiger partial charge is 0.481 e. The Labute approximate surface area is 176 Å². The van der Waals surface area contributed by atoms with Crippen LogP contribution in [0.3, 0.4) is 0 Å². The summed E-state index contributed by atoms with van der Waals surface area (Å²) in [4.78, 5) is 26.4. The Balaban J connectivity index is 1.96. The van der Waals surface area contributed by atoms with Crippen LogP contribution in [0.1, 0.15) is 50.6 Å². The second-order valence-electron chi connectivity index (χ2n) is 8.11. The predicted octanol–water partition coefficient (Wildman–Crippen LogP) is 5.52. The maximum Gasteiger partial charge on any atom is 0.441 e. The zero-order valence-electron chi connectivity index (χ0n) is 15.9. The number of carboxylic acids is 1. The minimum absolute atomic E-state index is 0.00998. The number of carboxylic acid groups (broad SMARTS) is 1. The van der Waals surface area contributed by atoms with Gasteiger partial charge in [0.1, 0.15) is 0 Å². The summed E-state index contributed by atoms with van der Waals surface area (Å²) in [6.45, 7) is 1.61. The van der Waals surface area contributed by atoms with Gasteiger partial charge in [0.15, 0.2) is 0 Å². The highest BCUT2D eigenvalue weighted by atomic mass is 35.5. The molecule has 1 N–H and O–H groups in total. The van der Waals surface area contributed by atoms with E-state index in [0.29, 0.717) is 17.9 Å². The van der Waals surface area contributed by atoms with Crippen LogP contribution < -0.4 is 0 Å². The third kappa shape index (κ3) is 5.40. The number of alkyl halides is 3. The van der Waals surface area contributed by atoms with Crippen molar-refractivity contribution in [2.24, 2.45) is 11.3 Å². The van der Waals surface area contributed by atoms with Gasteiger partial charge in [-0.3, -0.25) is 9.59 Å². The molecule has 0 aromatic heterocycles. The SMILES string of the molecule is C[C@]1(CC(=O)O)CCC(c2ccc(Cl)cc2)N(C(CSC(F)(F)F)C2CC2)C1=O. The molecule has 0 spiro atoms. The molecule has 1 aliphatic heterocycles. The molecule has 2 fully saturated rings. The summed E-state index contributed by atoms with van der Waals surface area (Å²) < 4.78 is 38.8. The lowest BCUT2D eigenvalue weighted by atomic mass is 9.74. The standard InChI is InChI=1S/C20H23ClF3NO3S/c1-19(10-17(26)27)9-8-15(12-4-6-14(21)7-5-12)25(18(19)28)16(13-2-3-13)11-29-20(22,23)24/h4-7,13,15-16H,2-3,8-11H2,1H3,(H,26,27)/t15?,16?,19-/m1/s1. The van der Waals surface area contributed by atoms with E-state index in [1.54, 1.807) is 36.1 Å². The van der Waals surface area contributed by atoms with Crippen LogP contribution in [0.4, 0.5) is 13.2 Å². The number of piperidine rings is 1. The zero-order valence-corrected chi connectivity index (χ0v) is 17.5. The molecule has 3 rings (SSSR count). The number of carbonyl (C=O) groups is 2. The topological polar surface area (TPSA) is 57.6 Å². The Hall–Kier alpha value is -1.41. The van der Waals surface area contributed by atoms with Crippen molar-refractivity contribution in [3.63, 3.8) is 0 Å². The molecule has 2 unspecified atom stereocenters. The molecule has 1 amide bonds. The van der Waals surface area contributed by atoms with Crippen LogP contribution in [-0.4, -0.2) is 39.2 Å². The average molecular weight is 450 g/mol. The summed E-state index contributed by atoms with van der Waals surface area (Å²) in [5, 5.41) is 9.81. The van der Waals surface area contributed by atoms with Crippen molar-refractivity contribution in [1.29, 1.82) is 0 Å². The van der Waals surface area contributed by atoms with Gasteiger partial charge < -0.3 is 10.0 Å². The van der Waals surface area contributed by atoms with Crippen LogP contribution in [-0.2, 0) is 9.59 Å². The van der Waals surface area contributed by atoms with Gasteiger partial charge in [-0.05, 0) is 61.1 Å². The number of carbonyl (C=O) groups excluding carboxylic acids is 1. The normalized spacial score (nSPS) is 26.4. The minimum Gasteiger partial charge on any atom is -0.481 e. The predicted molar refractivity (Wildman–Crippen MR) is 106 cm³/mol. The number of amides is 1. The number of benzene rings is 1. The van der Waals surface area contributed by atoms with Crippen LogP contribution in [0, 0.1) is 11.3 Å². The van der Waals surface area contributed by atoms with Gasteiger partial charge in [-0.15, -0.1) is 0 Å². The van der Waals surface area contributed by atoms with Gasteiger partial charge in [-0.1, -0.05) is 30.7 Å². The Morgan fingerprint density at radius 1 is 1.31 bits per heavy atom. The first-order valence-corrected chi connectivity index (χ1v) is 10.9. The Kier molecular flexibility index (Phi) is 6.44. The number of rotatable bonds is 7. The molecule has 3 atom stereocenters. The monoisotopic (exact) mass is 449 g/mol. The van der Waals surface area contributed by atoms with Crippen LogP contribution in [0.2, 0.25) is 5.02 Å². The van der Waals surface area contributed by atoms with Crippen molar-refractivity contribution < 1.29 is 27.9 Å². The van der Waals surface area contributed by atoms with Gasteiger partial charge in [-0.25, -0.2) is 0 Å². The Bertz CT molecular complexity index is 769. The van der Waals surface area contributed by atoms with Crippen molar-refractivity contribution in [1.82, 2.24) is 4.90 Å². The number of hydrogen-bond acceptors (Lipinski definition) is 3. The third-order valence-electron chi connectivity index (χ3n) is 5.79. The van der Waals surface area contributed by atoms with Gasteiger partial charge in [-0.2, -0.15) is 13.2 Å². The summed E-state index contributed by atoms with van der Waals surface area (Å²) in [7, 11) is 0. The van der Waals surface area contributed by atoms with Gasteiger partial charge in [0.2, 0.25) is 5.91 Å². The molecule has 1 saturated carbocycles. The van der Waals surface area contributed by atoms with Crippen LogP contribution >= 0.6 is 23.4 Å². The average Bonchev–Trinajstić information content (AvgIpc) is 3.43. The Morgan fingerprint density at radius 2 is 1.93 bits per heavy atom. The highest BCUT2D eigenvalue weighted by Gasteiger charge is 2.51. The van der Waals surface area contributed by atoms with E-state index < -0.39 is 22.9 Å². The molecule has 2 aliphatic rings. The third-order valence-corrected chi connectivity index (χ3v) is 6.88. The number of nitrogens with zero attached hydrogens (tertiary/aromatic N) is 1. The molecular weight excluding hydrogens is 427 g/mol. The molecule has 1 saturated heterocycles. The van der Waals surface area contributed by atoms with E-state index in [-0.39, 0.29) is 41.8 Å². The zero-order chi connectivity index (χ0) is 21.4. The molecule has 1 aromatic rings. The fourth-order valence-electron chi connectivity index (χ4n) is 4.15. The molecule has 29 heavy (non-hydrogen) atoms. The lowest BCUT2D eigenvalue weighted by Crippen LogP contribution is -2.55. The van der Waals surface area contributed by atoms with E-state index in [9.17, 15) is 27.9 Å². The van der Waals surface area contributed by atoms with Crippen LogP contribution in [0.5, 0.6) is 0 Å². The van der Waals surface area contributed by atoms with Gasteiger partial charge >= 0.3 is 11.5 Å². The van der Waals surface area contributed by atoms with Crippen molar-refractivity contribution in [3.05, 3.63) is 34.9 Å². The smallest absolute Gasteiger partial charge is 0.441 e. The number of aliphatic carboxylic acids is 1. The molecule has 9 heteroatoms. The molecule has 1 heterocycles. The number of hydrogen-bond donors (Lipinski definition) is 1. The molecule has 160 valence electrons. The fourth-order valence-corrected chi connectivity index (χ4v) is 5.07. The Morgan fingerprint density at radius 3 is 2.45 bits per heavy atom. The maximum atomic E-state index is 13.5. The van der Waals surface area contributed by atoms with E-state index in [1.165, 1.54) is 0 Å². The van der Waals surface area contributed by atoms with Crippen molar-refractivity contribution >= 4 is 35.2 Å². The maximum absolute atomic E-state index is 13.5. The van der Waals surface area contributed by atoms with Crippen molar-refractivity contribution in [3.8, 4) is 0 Å². The second kappa shape index (κ2) is 8.38. The summed E-state index contributed by atoms with van der Waals surface area (Å²) in [6.07, 6.45) is 2.08. The molecule has 4 nitrogen and oxygen atoms in total. The van der Waals surface area contributed by atoms with Crippen LogP contribution in [0.15, 0.2) is 24.3 Å².